The molecule has 1 aromatic rings. The standard InChI is InChI=1S/C14H21ClN2O/c1-4-5-8-18-14-7-6-12(15)13(17-14)10-16-9-11(2)3/h4,6-7,11,16H,1,5,8-10H2,2-3H3. The Bertz CT molecular complexity index is 380. The Labute approximate surface area is 114 Å². The molecule has 1 heterocycles. The van der Waals surface area contributed by atoms with Crippen LogP contribution in [0.1, 0.15) is 26.0 Å². The number of pyridine rings is 1. The summed E-state index contributed by atoms with van der Waals surface area (Å²) in [5, 5.41) is 3.99. The molecular weight excluding hydrogens is 248 g/mol. The van der Waals surface area contributed by atoms with Crippen molar-refractivity contribution in [2.24, 2.45) is 5.92 Å². The lowest BCUT2D eigenvalue weighted by molar-refractivity contribution is 0.311. The molecule has 0 radical (unpaired) electrons. The minimum Gasteiger partial charge on any atom is -0.477 e. The third-order valence-corrected chi connectivity index (χ3v) is 2.65. The minimum atomic E-state index is 0.594. The molecule has 0 unspecified atom stereocenters. The first-order valence-electron chi connectivity index (χ1n) is 6.23. The van der Waals surface area contributed by atoms with Gasteiger partial charge >= 0.3 is 0 Å². The zero-order chi connectivity index (χ0) is 13.4. The molecule has 1 N–H and O–H groups in total. The lowest BCUT2D eigenvalue weighted by Crippen LogP contribution is -2.20. The van der Waals surface area contributed by atoms with Crippen molar-refractivity contribution in [3.63, 3.8) is 0 Å². The first-order valence-corrected chi connectivity index (χ1v) is 6.61. The van der Waals surface area contributed by atoms with Crippen molar-refractivity contribution in [3.8, 4) is 5.88 Å². The average molecular weight is 269 g/mol. The Hall–Kier alpha value is -1.06. The number of aromatic nitrogens is 1. The van der Waals surface area contributed by atoms with E-state index in [9.17, 15) is 0 Å². The average Bonchev–Trinajstić information content (AvgIpc) is 2.33. The number of hydrogen-bond acceptors (Lipinski definition) is 3. The molecule has 18 heavy (non-hydrogen) atoms. The molecule has 0 aliphatic carbocycles. The predicted octanol–water partition coefficient (Wildman–Crippen LogP) is 3.44. The summed E-state index contributed by atoms with van der Waals surface area (Å²) < 4.78 is 5.50. The van der Waals surface area contributed by atoms with E-state index in [-0.39, 0.29) is 0 Å². The number of halogens is 1. The topological polar surface area (TPSA) is 34.1 Å². The SMILES string of the molecule is C=CCCOc1ccc(Cl)c(CNCC(C)C)n1. The molecule has 0 aliphatic rings. The van der Waals surface area contributed by atoms with Crippen LogP contribution in [-0.2, 0) is 6.54 Å². The Morgan fingerprint density at radius 1 is 1.50 bits per heavy atom. The lowest BCUT2D eigenvalue weighted by atomic mass is 10.2. The summed E-state index contributed by atoms with van der Waals surface area (Å²) in [5.41, 5.74) is 0.827. The van der Waals surface area contributed by atoms with Crippen LogP contribution in [0, 0.1) is 5.92 Å². The summed E-state index contributed by atoms with van der Waals surface area (Å²) in [6, 6.07) is 3.61. The van der Waals surface area contributed by atoms with E-state index in [1.165, 1.54) is 0 Å². The van der Waals surface area contributed by atoms with Gasteiger partial charge in [0.2, 0.25) is 5.88 Å². The van der Waals surface area contributed by atoms with Crippen LogP contribution in [0.15, 0.2) is 24.8 Å². The molecule has 0 aliphatic heterocycles. The second kappa shape index (κ2) is 8.11. The van der Waals surface area contributed by atoms with Gasteiger partial charge in [0, 0.05) is 12.6 Å². The Balaban J connectivity index is 2.54. The van der Waals surface area contributed by atoms with Crippen LogP contribution in [0.3, 0.4) is 0 Å². The van der Waals surface area contributed by atoms with Crippen molar-refractivity contribution in [2.75, 3.05) is 13.2 Å². The third-order valence-electron chi connectivity index (χ3n) is 2.31. The summed E-state index contributed by atoms with van der Waals surface area (Å²) in [6.45, 7) is 10.2. The maximum Gasteiger partial charge on any atom is 0.213 e. The van der Waals surface area contributed by atoms with Crippen LogP contribution in [0.2, 0.25) is 5.02 Å². The van der Waals surface area contributed by atoms with Gasteiger partial charge in [0.15, 0.2) is 0 Å². The van der Waals surface area contributed by atoms with Gasteiger partial charge in [0.25, 0.3) is 0 Å². The van der Waals surface area contributed by atoms with Gasteiger partial charge in [-0.1, -0.05) is 31.5 Å². The highest BCUT2D eigenvalue weighted by Gasteiger charge is 2.05. The highest BCUT2D eigenvalue weighted by atomic mass is 35.5. The van der Waals surface area contributed by atoms with E-state index in [1.54, 1.807) is 6.07 Å². The van der Waals surface area contributed by atoms with Crippen molar-refractivity contribution in [1.82, 2.24) is 10.3 Å². The molecule has 0 saturated carbocycles. The maximum absolute atomic E-state index is 6.10. The van der Waals surface area contributed by atoms with E-state index in [4.69, 9.17) is 16.3 Å². The maximum atomic E-state index is 6.10. The second-order valence-electron chi connectivity index (χ2n) is 4.53. The highest BCUT2D eigenvalue weighted by molar-refractivity contribution is 6.31. The molecule has 100 valence electrons. The van der Waals surface area contributed by atoms with Crippen LogP contribution in [0.5, 0.6) is 5.88 Å². The summed E-state index contributed by atoms with van der Waals surface area (Å²) in [7, 11) is 0. The summed E-state index contributed by atoms with van der Waals surface area (Å²) in [4.78, 5) is 4.39. The highest BCUT2D eigenvalue weighted by Crippen LogP contribution is 2.18. The van der Waals surface area contributed by atoms with Crippen molar-refractivity contribution < 1.29 is 4.74 Å². The van der Waals surface area contributed by atoms with E-state index < -0.39 is 0 Å². The molecule has 1 aromatic heterocycles. The van der Waals surface area contributed by atoms with Crippen molar-refractivity contribution in [3.05, 3.63) is 35.5 Å². The zero-order valence-corrected chi connectivity index (χ0v) is 11.8. The van der Waals surface area contributed by atoms with Crippen LogP contribution in [0.4, 0.5) is 0 Å². The fraction of sp³-hybridized carbons (Fsp3) is 0.500. The van der Waals surface area contributed by atoms with E-state index in [2.05, 4.69) is 30.7 Å². The Morgan fingerprint density at radius 2 is 2.28 bits per heavy atom. The number of rotatable bonds is 8. The molecule has 0 atom stereocenters. The predicted molar refractivity (Wildman–Crippen MR) is 76.1 cm³/mol. The summed E-state index contributed by atoms with van der Waals surface area (Å²) in [6.07, 6.45) is 2.63. The van der Waals surface area contributed by atoms with Gasteiger partial charge < -0.3 is 10.1 Å². The van der Waals surface area contributed by atoms with Gasteiger partial charge in [0.05, 0.1) is 17.3 Å². The van der Waals surface area contributed by atoms with E-state index in [0.29, 0.717) is 30.0 Å². The first-order chi connectivity index (χ1) is 8.63. The molecule has 0 bridgehead atoms. The van der Waals surface area contributed by atoms with Gasteiger partial charge in [-0.2, -0.15) is 0 Å². The summed E-state index contributed by atoms with van der Waals surface area (Å²) in [5.74, 6) is 1.22. The fourth-order valence-electron chi connectivity index (χ4n) is 1.39. The number of ether oxygens (including phenoxy) is 1. The quantitative estimate of drug-likeness (QED) is 0.579. The van der Waals surface area contributed by atoms with Gasteiger partial charge in [-0.05, 0) is 24.9 Å². The molecule has 3 nitrogen and oxygen atoms in total. The van der Waals surface area contributed by atoms with Crippen molar-refractivity contribution >= 4 is 11.6 Å². The lowest BCUT2D eigenvalue weighted by Gasteiger charge is -2.10. The molecule has 0 aromatic carbocycles. The van der Waals surface area contributed by atoms with Gasteiger partial charge in [0.1, 0.15) is 0 Å². The molecule has 1 rings (SSSR count). The number of nitrogens with zero attached hydrogens (tertiary/aromatic N) is 1. The van der Waals surface area contributed by atoms with Gasteiger partial charge in [-0.25, -0.2) is 4.98 Å². The number of hydrogen-bond donors (Lipinski definition) is 1. The van der Waals surface area contributed by atoms with E-state index in [1.807, 2.05) is 12.1 Å². The molecule has 0 fully saturated rings. The van der Waals surface area contributed by atoms with Crippen molar-refractivity contribution in [1.29, 1.82) is 0 Å². The normalized spacial score (nSPS) is 10.7. The largest absolute Gasteiger partial charge is 0.477 e. The van der Waals surface area contributed by atoms with Crippen LogP contribution in [-0.4, -0.2) is 18.1 Å². The smallest absolute Gasteiger partial charge is 0.213 e. The first kappa shape index (κ1) is 15.0. The van der Waals surface area contributed by atoms with Crippen molar-refractivity contribution in [2.45, 2.75) is 26.8 Å². The molecular formula is C14H21ClN2O. The van der Waals surface area contributed by atoms with Crippen LogP contribution in [0.25, 0.3) is 0 Å². The molecule has 4 heteroatoms. The van der Waals surface area contributed by atoms with E-state index in [0.717, 1.165) is 18.7 Å². The summed E-state index contributed by atoms with van der Waals surface area (Å²) >= 11 is 6.10. The van der Waals surface area contributed by atoms with Crippen LogP contribution >= 0.6 is 11.6 Å². The van der Waals surface area contributed by atoms with Crippen LogP contribution < -0.4 is 10.1 Å². The minimum absolute atomic E-state index is 0.594. The number of nitrogens with one attached hydrogen (secondary N) is 1. The van der Waals surface area contributed by atoms with Gasteiger partial charge in [-0.3, -0.25) is 0 Å². The second-order valence-corrected chi connectivity index (χ2v) is 4.94. The van der Waals surface area contributed by atoms with Gasteiger partial charge in [-0.15, -0.1) is 6.58 Å². The molecule has 0 amide bonds. The fourth-order valence-corrected chi connectivity index (χ4v) is 1.57. The van der Waals surface area contributed by atoms with E-state index >= 15 is 0 Å². The molecule has 0 saturated heterocycles. The Kier molecular flexibility index (Phi) is 6.76. The Morgan fingerprint density at radius 3 is 2.94 bits per heavy atom. The molecule has 0 spiro atoms. The third kappa shape index (κ3) is 5.52. The zero-order valence-electron chi connectivity index (χ0n) is 11.1. The monoisotopic (exact) mass is 268 g/mol.